The van der Waals surface area contributed by atoms with E-state index in [1.807, 2.05) is 28.4 Å². The molecule has 0 aliphatic carbocycles. The highest BCUT2D eigenvalue weighted by Crippen LogP contribution is 2.23. The molecule has 0 aliphatic heterocycles. The van der Waals surface area contributed by atoms with Gasteiger partial charge in [-0.1, -0.05) is 6.07 Å². The molecule has 3 rings (SSSR count). The minimum atomic E-state index is 0.275. The van der Waals surface area contributed by atoms with Crippen molar-refractivity contribution in [1.29, 1.82) is 0 Å². The number of hydrogen-bond acceptors (Lipinski definition) is 5. The van der Waals surface area contributed by atoms with Gasteiger partial charge in [0, 0.05) is 18.8 Å². The van der Waals surface area contributed by atoms with Crippen molar-refractivity contribution in [2.24, 2.45) is 0 Å². The summed E-state index contributed by atoms with van der Waals surface area (Å²) in [7, 11) is 0. The average molecular weight is 316 g/mol. The summed E-state index contributed by atoms with van der Waals surface area (Å²) in [6.07, 6.45) is 5.67. The Hall–Kier alpha value is -1.92. The lowest BCUT2D eigenvalue weighted by Gasteiger charge is -2.21. The van der Waals surface area contributed by atoms with Gasteiger partial charge in [0.2, 0.25) is 5.89 Å². The molecule has 0 amide bonds. The number of nitrogens with zero attached hydrogens (tertiary/aromatic N) is 3. The maximum atomic E-state index is 5.53. The molecule has 5 nitrogen and oxygen atoms in total. The van der Waals surface area contributed by atoms with E-state index >= 15 is 0 Å². The molecule has 0 aliphatic rings. The van der Waals surface area contributed by atoms with Crippen LogP contribution in [0.4, 0.5) is 0 Å². The lowest BCUT2D eigenvalue weighted by atomic mass is 10.1. The molecule has 3 aromatic heterocycles. The first kappa shape index (κ1) is 15.0. The van der Waals surface area contributed by atoms with Crippen LogP contribution in [0.2, 0.25) is 0 Å². The van der Waals surface area contributed by atoms with Gasteiger partial charge in [-0.2, -0.15) is 5.10 Å². The van der Waals surface area contributed by atoms with Crippen LogP contribution in [0.1, 0.15) is 31.1 Å². The second kappa shape index (κ2) is 6.46. The monoisotopic (exact) mass is 316 g/mol. The molecule has 0 unspecified atom stereocenters. The Kier molecular flexibility index (Phi) is 4.40. The van der Waals surface area contributed by atoms with Gasteiger partial charge in [0.1, 0.15) is 6.26 Å². The number of hydrogen-bond donors (Lipinski definition) is 1. The molecule has 0 saturated carbocycles. The summed E-state index contributed by atoms with van der Waals surface area (Å²) in [6.45, 7) is 7.04. The summed E-state index contributed by atoms with van der Waals surface area (Å²) in [5, 5.41) is 9.88. The van der Waals surface area contributed by atoms with Crippen LogP contribution in [-0.2, 0) is 6.54 Å². The van der Waals surface area contributed by atoms with Crippen LogP contribution in [0.25, 0.3) is 10.8 Å². The Bertz CT molecular complexity index is 716. The van der Waals surface area contributed by atoms with Gasteiger partial charge in [0.25, 0.3) is 0 Å². The fraction of sp³-hybridized carbons (Fsp3) is 0.375. The summed E-state index contributed by atoms with van der Waals surface area (Å²) in [5.41, 5.74) is 2.09. The van der Waals surface area contributed by atoms with Crippen LogP contribution < -0.4 is 5.32 Å². The lowest BCUT2D eigenvalue weighted by molar-refractivity contribution is 0.363. The van der Waals surface area contributed by atoms with Gasteiger partial charge in [0.05, 0.1) is 22.8 Å². The van der Waals surface area contributed by atoms with Gasteiger partial charge in [-0.25, -0.2) is 4.98 Å². The Balaban J connectivity index is 1.58. The van der Waals surface area contributed by atoms with E-state index in [2.05, 4.69) is 42.4 Å². The van der Waals surface area contributed by atoms with E-state index in [1.54, 1.807) is 17.6 Å². The van der Waals surface area contributed by atoms with Gasteiger partial charge in [-0.3, -0.25) is 4.68 Å². The van der Waals surface area contributed by atoms with E-state index in [1.165, 1.54) is 5.56 Å². The number of oxazole rings is 1. The highest BCUT2D eigenvalue weighted by atomic mass is 32.1. The quantitative estimate of drug-likeness (QED) is 0.754. The molecule has 1 N–H and O–H groups in total. The van der Waals surface area contributed by atoms with Gasteiger partial charge in [-0.15, -0.1) is 11.3 Å². The van der Waals surface area contributed by atoms with Crippen molar-refractivity contribution >= 4 is 11.3 Å². The maximum absolute atomic E-state index is 5.53. The van der Waals surface area contributed by atoms with Gasteiger partial charge < -0.3 is 9.73 Å². The zero-order valence-electron chi connectivity index (χ0n) is 13.0. The molecular weight excluding hydrogens is 296 g/mol. The first-order valence-corrected chi connectivity index (χ1v) is 8.24. The van der Waals surface area contributed by atoms with Crippen molar-refractivity contribution in [3.05, 3.63) is 47.4 Å². The molecule has 0 aromatic carbocycles. The molecular formula is C16H20N4OS. The maximum Gasteiger partial charge on any atom is 0.236 e. The Labute approximate surface area is 134 Å². The molecule has 6 heteroatoms. The molecule has 3 heterocycles. The van der Waals surface area contributed by atoms with Gasteiger partial charge in [-0.05, 0) is 37.8 Å². The predicted molar refractivity (Wildman–Crippen MR) is 87.8 cm³/mol. The van der Waals surface area contributed by atoms with Crippen LogP contribution in [-0.4, -0.2) is 20.8 Å². The molecule has 0 fully saturated rings. The van der Waals surface area contributed by atoms with Gasteiger partial charge >= 0.3 is 0 Å². The van der Waals surface area contributed by atoms with Crippen molar-refractivity contribution in [3.8, 4) is 10.8 Å². The second-order valence-electron chi connectivity index (χ2n) is 5.53. The SMILES string of the molecule is Cc1cnn([C@@H](C)[C@H](C)NCc2coc(-c3cccs3)n2)c1. The van der Waals surface area contributed by atoms with Crippen molar-refractivity contribution in [3.63, 3.8) is 0 Å². The normalized spacial score (nSPS) is 14.1. The minimum absolute atomic E-state index is 0.275. The molecule has 0 spiro atoms. The van der Waals surface area contributed by atoms with Crippen molar-refractivity contribution < 1.29 is 4.42 Å². The third-order valence-corrected chi connectivity index (χ3v) is 4.62. The highest BCUT2D eigenvalue weighted by molar-refractivity contribution is 7.13. The number of thiophene rings is 1. The van der Waals surface area contributed by atoms with Gasteiger partial charge in [0.15, 0.2) is 0 Å². The highest BCUT2D eigenvalue weighted by Gasteiger charge is 2.15. The molecule has 116 valence electrons. The Morgan fingerprint density at radius 2 is 2.27 bits per heavy atom. The standard InChI is InChI=1S/C16H20N4OS/c1-11-7-18-20(9-11)13(3)12(2)17-8-14-10-21-16(19-14)15-5-4-6-22-15/h4-7,9-10,12-13,17H,8H2,1-3H3/t12-,13-/m0/s1. The zero-order chi connectivity index (χ0) is 15.5. The zero-order valence-corrected chi connectivity index (χ0v) is 13.8. The van der Waals surface area contributed by atoms with E-state index in [0.717, 1.165) is 10.6 Å². The summed E-state index contributed by atoms with van der Waals surface area (Å²) in [5.74, 6) is 0.690. The number of aromatic nitrogens is 3. The van der Waals surface area contributed by atoms with Crippen LogP contribution in [0, 0.1) is 6.92 Å². The van der Waals surface area contributed by atoms with Crippen molar-refractivity contribution in [2.45, 2.75) is 39.4 Å². The van der Waals surface area contributed by atoms with Crippen LogP contribution in [0.3, 0.4) is 0 Å². The third kappa shape index (κ3) is 3.28. The lowest BCUT2D eigenvalue weighted by Crippen LogP contribution is -2.33. The molecule has 22 heavy (non-hydrogen) atoms. The molecule has 2 atom stereocenters. The van der Waals surface area contributed by atoms with Crippen LogP contribution in [0.5, 0.6) is 0 Å². The minimum Gasteiger partial charge on any atom is -0.444 e. The van der Waals surface area contributed by atoms with E-state index in [0.29, 0.717) is 12.4 Å². The Morgan fingerprint density at radius 1 is 1.41 bits per heavy atom. The van der Waals surface area contributed by atoms with E-state index in [9.17, 15) is 0 Å². The first-order chi connectivity index (χ1) is 10.6. The average Bonchev–Trinajstić information content (AvgIpc) is 3.24. The van der Waals surface area contributed by atoms with E-state index in [-0.39, 0.29) is 12.1 Å². The van der Waals surface area contributed by atoms with Crippen molar-refractivity contribution in [1.82, 2.24) is 20.1 Å². The van der Waals surface area contributed by atoms with E-state index in [4.69, 9.17) is 4.42 Å². The summed E-state index contributed by atoms with van der Waals surface area (Å²) in [4.78, 5) is 5.57. The molecule has 0 bridgehead atoms. The largest absolute Gasteiger partial charge is 0.444 e. The fourth-order valence-corrected chi connectivity index (χ4v) is 2.88. The first-order valence-electron chi connectivity index (χ1n) is 7.36. The van der Waals surface area contributed by atoms with Crippen LogP contribution in [0.15, 0.2) is 40.6 Å². The predicted octanol–water partition coefficient (Wildman–Crippen LogP) is 3.65. The number of rotatable bonds is 6. The molecule has 0 saturated heterocycles. The smallest absolute Gasteiger partial charge is 0.236 e. The number of nitrogens with one attached hydrogen (secondary N) is 1. The molecule has 0 radical (unpaired) electrons. The fourth-order valence-electron chi connectivity index (χ4n) is 2.22. The second-order valence-corrected chi connectivity index (χ2v) is 6.48. The summed E-state index contributed by atoms with van der Waals surface area (Å²) in [6, 6.07) is 4.56. The number of aryl methyl sites for hydroxylation is 1. The third-order valence-electron chi connectivity index (χ3n) is 3.76. The van der Waals surface area contributed by atoms with Crippen LogP contribution >= 0.6 is 11.3 Å². The summed E-state index contributed by atoms with van der Waals surface area (Å²) >= 11 is 1.63. The van der Waals surface area contributed by atoms with Crippen molar-refractivity contribution in [2.75, 3.05) is 0 Å². The topological polar surface area (TPSA) is 55.9 Å². The molecule has 3 aromatic rings. The Morgan fingerprint density at radius 3 is 2.95 bits per heavy atom. The summed E-state index contributed by atoms with van der Waals surface area (Å²) < 4.78 is 7.52. The van der Waals surface area contributed by atoms with E-state index < -0.39 is 0 Å².